The zero-order chi connectivity index (χ0) is 16.1. The lowest BCUT2D eigenvalue weighted by Gasteiger charge is -2.21. The Hall–Kier alpha value is -2.21. The van der Waals surface area contributed by atoms with Gasteiger partial charge in [-0.1, -0.05) is 23.9 Å². The molecule has 0 atom stereocenters. The molecule has 23 heavy (non-hydrogen) atoms. The maximum atomic E-state index is 12.2. The summed E-state index contributed by atoms with van der Waals surface area (Å²) in [7, 11) is 1.80. The molecule has 5 nitrogen and oxygen atoms in total. The van der Waals surface area contributed by atoms with E-state index >= 15 is 0 Å². The van der Waals surface area contributed by atoms with Gasteiger partial charge in [-0.25, -0.2) is 4.98 Å². The lowest BCUT2D eigenvalue weighted by Crippen LogP contribution is -2.28. The summed E-state index contributed by atoms with van der Waals surface area (Å²) in [5.41, 5.74) is 1.02. The molecular weight excluding hydrogens is 312 g/mol. The van der Waals surface area contributed by atoms with E-state index in [4.69, 9.17) is 9.47 Å². The van der Waals surface area contributed by atoms with Gasteiger partial charge in [0.15, 0.2) is 11.5 Å². The Kier molecular flexibility index (Phi) is 5.02. The molecule has 0 spiro atoms. The average Bonchev–Trinajstić information content (AvgIpc) is 2.60. The molecule has 0 N–H and O–H groups in total. The van der Waals surface area contributed by atoms with Crippen molar-refractivity contribution in [2.75, 3.05) is 26.0 Å². The first-order valence-corrected chi connectivity index (χ1v) is 8.37. The number of fused-ring (bicyclic) bond motifs is 1. The van der Waals surface area contributed by atoms with Gasteiger partial charge in [0.2, 0.25) is 5.91 Å². The normalized spacial score (nSPS) is 12.7. The van der Waals surface area contributed by atoms with Crippen LogP contribution in [0.2, 0.25) is 0 Å². The van der Waals surface area contributed by atoms with Gasteiger partial charge >= 0.3 is 0 Å². The number of carbonyl (C=O) groups is 1. The van der Waals surface area contributed by atoms with Crippen molar-refractivity contribution in [3.05, 3.63) is 48.2 Å². The lowest BCUT2D eigenvalue weighted by atomic mass is 10.2. The Labute approximate surface area is 139 Å². The first-order valence-electron chi connectivity index (χ1n) is 7.39. The van der Waals surface area contributed by atoms with Gasteiger partial charge in [0, 0.05) is 19.8 Å². The summed E-state index contributed by atoms with van der Waals surface area (Å²) in [6.45, 7) is 1.68. The SMILES string of the molecule is CN(Cc1ccc2c(c1)OCCO2)C(=O)CSc1ccccn1. The van der Waals surface area contributed by atoms with Crippen LogP contribution in [-0.4, -0.2) is 41.8 Å². The fraction of sp³-hybridized carbons (Fsp3) is 0.294. The second kappa shape index (κ2) is 7.37. The second-order valence-electron chi connectivity index (χ2n) is 5.18. The first kappa shape index (κ1) is 15.7. The molecule has 2 heterocycles. The van der Waals surface area contributed by atoms with E-state index in [0.29, 0.717) is 25.5 Å². The van der Waals surface area contributed by atoms with E-state index in [2.05, 4.69) is 4.98 Å². The number of ether oxygens (including phenoxy) is 2. The van der Waals surface area contributed by atoms with Crippen LogP contribution in [0, 0.1) is 0 Å². The van der Waals surface area contributed by atoms with Gasteiger partial charge < -0.3 is 14.4 Å². The van der Waals surface area contributed by atoms with Crippen LogP contribution in [0.15, 0.2) is 47.6 Å². The highest BCUT2D eigenvalue weighted by atomic mass is 32.2. The Morgan fingerprint density at radius 1 is 1.22 bits per heavy atom. The Morgan fingerprint density at radius 2 is 2.04 bits per heavy atom. The fourth-order valence-electron chi connectivity index (χ4n) is 2.23. The summed E-state index contributed by atoms with van der Waals surface area (Å²) >= 11 is 1.44. The van der Waals surface area contributed by atoms with Crippen LogP contribution in [-0.2, 0) is 11.3 Å². The van der Waals surface area contributed by atoms with Crippen molar-refractivity contribution in [2.24, 2.45) is 0 Å². The third-order valence-corrected chi connectivity index (χ3v) is 4.36. The monoisotopic (exact) mass is 330 g/mol. The predicted molar refractivity (Wildman–Crippen MR) is 88.9 cm³/mol. The maximum Gasteiger partial charge on any atom is 0.233 e. The number of pyridine rings is 1. The van der Waals surface area contributed by atoms with Crippen LogP contribution < -0.4 is 9.47 Å². The molecule has 0 aliphatic carbocycles. The van der Waals surface area contributed by atoms with Crippen LogP contribution in [0.25, 0.3) is 0 Å². The van der Waals surface area contributed by atoms with Gasteiger partial charge in [-0.3, -0.25) is 4.79 Å². The average molecular weight is 330 g/mol. The first-order chi connectivity index (χ1) is 11.2. The third kappa shape index (κ3) is 4.16. The van der Waals surface area contributed by atoms with Crippen molar-refractivity contribution < 1.29 is 14.3 Å². The fourth-order valence-corrected chi connectivity index (χ4v) is 3.03. The highest BCUT2D eigenvalue weighted by Crippen LogP contribution is 2.31. The molecule has 6 heteroatoms. The number of carbonyl (C=O) groups excluding carboxylic acids is 1. The summed E-state index contributed by atoms with van der Waals surface area (Å²) in [4.78, 5) is 18.1. The van der Waals surface area contributed by atoms with E-state index in [9.17, 15) is 4.79 Å². The Morgan fingerprint density at radius 3 is 2.83 bits per heavy atom. The molecule has 0 unspecified atom stereocenters. The zero-order valence-electron chi connectivity index (χ0n) is 12.9. The Balaban J connectivity index is 1.55. The summed E-state index contributed by atoms with van der Waals surface area (Å²) in [6.07, 6.45) is 1.73. The van der Waals surface area contributed by atoms with Gasteiger partial charge in [-0.05, 0) is 29.8 Å². The molecule has 1 aromatic carbocycles. The van der Waals surface area contributed by atoms with Crippen molar-refractivity contribution in [3.63, 3.8) is 0 Å². The number of hydrogen-bond donors (Lipinski definition) is 0. The van der Waals surface area contributed by atoms with E-state index in [1.807, 2.05) is 36.4 Å². The van der Waals surface area contributed by atoms with Crippen LogP contribution in [0.3, 0.4) is 0 Å². The van der Waals surface area contributed by atoms with Crippen LogP contribution >= 0.6 is 11.8 Å². The van der Waals surface area contributed by atoms with Gasteiger partial charge in [0.1, 0.15) is 13.2 Å². The number of benzene rings is 1. The lowest BCUT2D eigenvalue weighted by molar-refractivity contribution is -0.127. The van der Waals surface area contributed by atoms with Crippen molar-refractivity contribution in [2.45, 2.75) is 11.6 Å². The minimum absolute atomic E-state index is 0.0653. The number of amides is 1. The van der Waals surface area contributed by atoms with Gasteiger partial charge in [-0.15, -0.1) is 0 Å². The summed E-state index contributed by atoms with van der Waals surface area (Å²) < 4.78 is 11.1. The highest BCUT2D eigenvalue weighted by Gasteiger charge is 2.14. The standard InChI is InChI=1S/C17H18N2O3S/c1-19(17(20)12-23-16-4-2-3-7-18-16)11-13-5-6-14-15(10-13)22-9-8-21-14/h2-7,10H,8-9,11-12H2,1H3. The molecular formula is C17H18N2O3S. The minimum atomic E-state index is 0.0653. The number of thioether (sulfide) groups is 1. The smallest absolute Gasteiger partial charge is 0.233 e. The van der Waals surface area contributed by atoms with Gasteiger partial charge in [-0.2, -0.15) is 0 Å². The number of hydrogen-bond acceptors (Lipinski definition) is 5. The molecule has 1 amide bonds. The molecule has 0 saturated heterocycles. The Bertz CT molecular complexity index is 679. The summed E-state index contributed by atoms with van der Waals surface area (Å²) in [5, 5.41) is 0.855. The molecule has 0 fully saturated rings. The predicted octanol–water partition coefficient (Wildman–Crippen LogP) is 2.60. The summed E-state index contributed by atoms with van der Waals surface area (Å²) in [6, 6.07) is 11.5. The molecule has 1 aromatic heterocycles. The topological polar surface area (TPSA) is 51.7 Å². The number of aromatic nitrogens is 1. The van der Waals surface area contributed by atoms with E-state index in [1.165, 1.54) is 11.8 Å². The van der Waals surface area contributed by atoms with E-state index in [0.717, 1.165) is 22.1 Å². The zero-order valence-corrected chi connectivity index (χ0v) is 13.7. The van der Waals surface area contributed by atoms with Crippen molar-refractivity contribution in [3.8, 4) is 11.5 Å². The third-order valence-electron chi connectivity index (χ3n) is 3.43. The highest BCUT2D eigenvalue weighted by molar-refractivity contribution is 7.99. The van der Waals surface area contributed by atoms with Crippen LogP contribution in [0.1, 0.15) is 5.56 Å². The summed E-state index contributed by atoms with van der Waals surface area (Å²) in [5.74, 6) is 1.95. The van der Waals surface area contributed by atoms with Crippen LogP contribution in [0.4, 0.5) is 0 Å². The number of rotatable bonds is 5. The molecule has 120 valence electrons. The van der Waals surface area contributed by atoms with E-state index < -0.39 is 0 Å². The molecule has 1 aliphatic heterocycles. The quantitative estimate of drug-likeness (QED) is 0.789. The molecule has 1 aliphatic rings. The largest absolute Gasteiger partial charge is 0.486 e. The maximum absolute atomic E-state index is 12.2. The number of nitrogens with zero attached hydrogens (tertiary/aromatic N) is 2. The van der Waals surface area contributed by atoms with E-state index in [-0.39, 0.29) is 5.91 Å². The van der Waals surface area contributed by atoms with Crippen LogP contribution in [0.5, 0.6) is 11.5 Å². The van der Waals surface area contributed by atoms with Crippen molar-refractivity contribution >= 4 is 17.7 Å². The van der Waals surface area contributed by atoms with E-state index in [1.54, 1.807) is 18.1 Å². The van der Waals surface area contributed by atoms with Crippen molar-refractivity contribution in [1.82, 2.24) is 9.88 Å². The molecule has 2 aromatic rings. The molecule has 0 bridgehead atoms. The second-order valence-corrected chi connectivity index (χ2v) is 6.18. The van der Waals surface area contributed by atoms with Crippen molar-refractivity contribution in [1.29, 1.82) is 0 Å². The molecule has 3 rings (SSSR count). The molecule has 0 radical (unpaired) electrons. The van der Waals surface area contributed by atoms with Gasteiger partial charge in [0.25, 0.3) is 0 Å². The minimum Gasteiger partial charge on any atom is -0.486 e. The molecule has 0 saturated carbocycles. The van der Waals surface area contributed by atoms with Gasteiger partial charge in [0.05, 0.1) is 10.8 Å².